The lowest BCUT2D eigenvalue weighted by Crippen LogP contribution is -2.21. The van der Waals surface area contributed by atoms with Crippen molar-refractivity contribution in [1.29, 1.82) is 0 Å². The Balaban J connectivity index is 1.81. The molecular formula is C15H20N6O2. The van der Waals surface area contributed by atoms with E-state index in [-0.39, 0.29) is 24.9 Å². The van der Waals surface area contributed by atoms with E-state index >= 15 is 0 Å². The van der Waals surface area contributed by atoms with Gasteiger partial charge in [-0.25, -0.2) is 0 Å². The average molecular weight is 316 g/mol. The van der Waals surface area contributed by atoms with Gasteiger partial charge in [0.2, 0.25) is 0 Å². The number of hydrogen-bond acceptors (Lipinski definition) is 6. The van der Waals surface area contributed by atoms with Crippen molar-refractivity contribution in [2.24, 2.45) is 16.6 Å². The van der Waals surface area contributed by atoms with E-state index in [1.165, 1.54) is 0 Å². The Morgan fingerprint density at radius 2 is 2.39 bits per heavy atom. The molecule has 8 heteroatoms. The highest BCUT2D eigenvalue weighted by molar-refractivity contribution is 5.84. The molecule has 4 unspecified atom stereocenters. The van der Waals surface area contributed by atoms with E-state index < -0.39 is 6.17 Å². The van der Waals surface area contributed by atoms with Crippen molar-refractivity contribution in [3.05, 3.63) is 24.0 Å². The molecular weight excluding hydrogens is 296 g/mol. The molecule has 2 aliphatic rings. The van der Waals surface area contributed by atoms with Crippen LogP contribution in [-0.2, 0) is 4.74 Å². The summed E-state index contributed by atoms with van der Waals surface area (Å²) in [7, 11) is 0. The van der Waals surface area contributed by atoms with Gasteiger partial charge in [0, 0.05) is 29.4 Å². The van der Waals surface area contributed by atoms with Gasteiger partial charge in [0.15, 0.2) is 0 Å². The molecule has 0 amide bonds. The lowest BCUT2D eigenvalue weighted by molar-refractivity contribution is -0.0299. The van der Waals surface area contributed by atoms with Crippen LogP contribution < -0.4 is 11.1 Å². The molecule has 0 radical (unpaired) electrons. The third kappa shape index (κ3) is 2.26. The minimum Gasteiger partial charge on any atom is -0.394 e. The summed E-state index contributed by atoms with van der Waals surface area (Å²) in [5.74, 6) is 1.17. The van der Waals surface area contributed by atoms with Gasteiger partial charge in [-0.2, -0.15) is 5.10 Å². The highest BCUT2D eigenvalue weighted by atomic mass is 16.5. The summed E-state index contributed by atoms with van der Waals surface area (Å²) in [6.45, 7) is 2.16. The predicted molar refractivity (Wildman–Crippen MR) is 85.8 cm³/mol. The summed E-state index contributed by atoms with van der Waals surface area (Å²) in [5, 5.41) is 19.6. The first-order valence-corrected chi connectivity index (χ1v) is 7.73. The maximum atomic E-state index is 9.38. The number of nitrogens with zero attached hydrogens (tertiary/aromatic N) is 3. The monoisotopic (exact) mass is 316 g/mol. The number of ether oxygens (including phenoxy) is 1. The van der Waals surface area contributed by atoms with Crippen molar-refractivity contribution in [3.63, 3.8) is 0 Å². The van der Waals surface area contributed by atoms with Crippen molar-refractivity contribution < 1.29 is 9.84 Å². The summed E-state index contributed by atoms with van der Waals surface area (Å²) in [6, 6.07) is 1.90. The molecule has 122 valence electrons. The maximum absolute atomic E-state index is 9.38. The fourth-order valence-corrected chi connectivity index (χ4v) is 3.44. The number of anilines is 1. The van der Waals surface area contributed by atoms with Gasteiger partial charge in [0.1, 0.15) is 18.2 Å². The molecule has 0 aliphatic carbocycles. The van der Waals surface area contributed by atoms with E-state index in [1.54, 1.807) is 12.5 Å². The lowest BCUT2D eigenvalue weighted by atomic mass is 10.1. The number of nitrogens with two attached hydrogens (primary N) is 1. The second-order valence-electron chi connectivity index (χ2n) is 6.09. The number of rotatable bonds is 3. The summed E-state index contributed by atoms with van der Waals surface area (Å²) < 4.78 is 8.06. The van der Waals surface area contributed by atoms with Crippen molar-refractivity contribution in [2.45, 2.75) is 31.8 Å². The second kappa shape index (κ2) is 5.48. The van der Waals surface area contributed by atoms with Crippen molar-refractivity contribution in [2.75, 3.05) is 11.9 Å². The molecule has 4 heterocycles. The smallest absolute Gasteiger partial charge is 0.138 e. The largest absolute Gasteiger partial charge is 0.394 e. The van der Waals surface area contributed by atoms with E-state index in [1.807, 2.05) is 12.3 Å². The number of aromatic nitrogens is 3. The molecule has 0 spiro atoms. The summed E-state index contributed by atoms with van der Waals surface area (Å²) >= 11 is 0. The average Bonchev–Trinajstić information content (AvgIpc) is 3.25. The Labute approximate surface area is 133 Å². The minimum atomic E-state index is -0.434. The number of nitrogens with one attached hydrogen (secondary N) is 2. The molecule has 2 aromatic heterocycles. The molecule has 0 bridgehead atoms. The zero-order valence-electron chi connectivity index (χ0n) is 12.8. The Morgan fingerprint density at radius 3 is 3.09 bits per heavy atom. The number of hydrogen-bond donors (Lipinski definition) is 4. The number of aromatic amines is 1. The molecule has 8 nitrogen and oxygen atoms in total. The van der Waals surface area contributed by atoms with Gasteiger partial charge >= 0.3 is 0 Å². The van der Waals surface area contributed by atoms with E-state index in [2.05, 4.69) is 32.0 Å². The molecule has 0 saturated carbocycles. The summed E-state index contributed by atoms with van der Waals surface area (Å²) in [4.78, 5) is 4.25. The first kappa shape index (κ1) is 14.4. The highest BCUT2D eigenvalue weighted by Gasteiger charge is 2.36. The van der Waals surface area contributed by atoms with Crippen LogP contribution >= 0.6 is 0 Å². The van der Waals surface area contributed by atoms with E-state index in [9.17, 15) is 5.11 Å². The van der Waals surface area contributed by atoms with Gasteiger partial charge in [-0.05, 0) is 12.5 Å². The van der Waals surface area contributed by atoms with Crippen LogP contribution in [-0.4, -0.2) is 38.9 Å². The summed E-state index contributed by atoms with van der Waals surface area (Å²) in [6.07, 6.45) is 5.45. The molecule has 1 fully saturated rings. The van der Waals surface area contributed by atoms with Crippen LogP contribution in [0.3, 0.4) is 0 Å². The Hall–Kier alpha value is -2.16. The molecule has 1 saturated heterocycles. The zero-order chi connectivity index (χ0) is 16.0. The fourth-order valence-electron chi connectivity index (χ4n) is 3.44. The number of aliphatic hydroxyl groups excluding tert-OH is 1. The number of aliphatic imine (C=N–C) groups is 1. The van der Waals surface area contributed by atoms with Crippen LogP contribution in [0.4, 0.5) is 5.82 Å². The second-order valence-corrected chi connectivity index (χ2v) is 6.09. The number of H-pyrrole nitrogens is 1. The van der Waals surface area contributed by atoms with Crippen LogP contribution in [0.25, 0.3) is 11.3 Å². The van der Waals surface area contributed by atoms with Gasteiger partial charge in [0.25, 0.3) is 0 Å². The lowest BCUT2D eigenvalue weighted by Gasteiger charge is -2.23. The maximum Gasteiger partial charge on any atom is 0.138 e. The number of fused-ring (bicyclic) bond motifs is 1. The van der Waals surface area contributed by atoms with Crippen LogP contribution in [0.1, 0.15) is 31.3 Å². The van der Waals surface area contributed by atoms with Gasteiger partial charge in [-0.1, -0.05) is 6.92 Å². The van der Waals surface area contributed by atoms with Crippen molar-refractivity contribution in [1.82, 2.24) is 14.8 Å². The quantitative estimate of drug-likeness (QED) is 0.679. The third-order valence-electron chi connectivity index (χ3n) is 4.53. The SMILES string of the molecule is CC1CC(CO)OC1n1cc(-c2ccn[nH]2)c2c1NC=NC2N. The third-order valence-corrected chi connectivity index (χ3v) is 4.53. The molecule has 4 atom stereocenters. The Morgan fingerprint density at radius 1 is 1.52 bits per heavy atom. The van der Waals surface area contributed by atoms with Gasteiger partial charge in [0.05, 0.1) is 24.7 Å². The molecule has 23 heavy (non-hydrogen) atoms. The van der Waals surface area contributed by atoms with Gasteiger partial charge < -0.3 is 25.5 Å². The summed E-state index contributed by atoms with van der Waals surface area (Å²) in [5.41, 5.74) is 8.95. The topological polar surface area (TPSA) is 113 Å². The zero-order valence-corrected chi connectivity index (χ0v) is 12.8. The fraction of sp³-hybridized carbons (Fsp3) is 0.467. The van der Waals surface area contributed by atoms with Crippen molar-refractivity contribution in [3.8, 4) is 11.3 Å². The molecule has 2 aromatic rings. The van der Waals surface area contributed by atoms with E-state index in [0.717, 1.165) is 29.1 Å². The molecule has 5 N–H and O–H groups in total. The molecule has 0 aromatic carbocycles. The van der Waals surface area contributed by atoms with Crippen LogP contribution in [0.5, 0.6) is 0 Å². The van der Waals surface area contributed by atoms with E-state index in [0.29, 0.717) is 0 Å². The normalized spacial score (nSPS) is 29.5. The number of aliphatic hydroxyl groups is 1. The Kier molecular flexibility index (Phi) is 3.44. The predicted octanol–water partition coefficient (Wildman–Crippen LogP) is 1.21. The van der Waals surface area contributed by atoms with Crippen LogP contribution in [0.15, 0.2) is 23.5 Å². The Bertz CT molecular complexity index is 723. The highest BCUT2D eigenvalue weighted by Crippen LogP contribution is 2.43. The molecule has 2 aliphatic heterocycles. The van der Waals surface area contributed by atoms with Gasteiger partial charge in [-0.3, -0.25) is 10.1 Å². The van der Waals surface area contributed by atoms with Crippen LogP contribution in [0.2, 0.25) is 0 Å². The standard InChI is InChI=1S/C15H20N6O2/c1-8-4-9(6-22)23-15(8)21-5-10(11-2-3-19-20-11)12-13(16)17-7-18-14(12)21/h2-3,5,7-9,13,15,22H,4,6,16H2,1H3,(H,17,18)(H,19,20). The first-order chi connectivity index (χ1) is 11.2. The van der Waals surface area contributed by atoms with E-state index in [4.69, 9.17) is 10.5 Å². The van der Waals surface area contributed by atoms with Crippen molar-refractivity contribution >= 4 is 12.2 Å². The van der Waals surface area contributed by atoms with Crippen LogP contribution in [0, 0.1) is 5.92 Å². The first-order valence-electron chi connectivity index (χ1n) is 7.73. The molecule has 4 rings (SSSR count). The minimum absolute atomic E-state index is 0.0338. The van der Waals surface area contributed by atoms with Gasteiger partial charge in [-0.15, -0.1) is 0 Å².